The van der Waals surface area contributed by atoms with E-state index in [-0.39, 0.29) is 5.38 Å². The smallest absolute Gasteiger partial charge is 0.0931 e. The number of hydrogen-bond acceptors (Lipinski definition) is 1. The zero-order valence-corrected chi connectivity index (χ0v) is 14.3. The maximum absolute atomic E-state index is 6.50. The summed E-state index contributed by atoms with van der Waals surface area (Å²) >= 11 is 21.2. The molecule has 1 unspecified atom stereocenters. The average Bonchev–Trinajstić information content (AvgIpc) is 2.62. The van der Waals surface area contributed by atoms with Crippen LogP contribution in [0.4, 0.5) is 0 Å². The number of benzene rings is 1. The van der Waals surface area contributed by atoms with Crippen molar-refractivity contribution in [1.82, 2.24) is 0 Å². The van der Waals surface area contributed by atoms with Crippen molar-refractivity contribution < 1.29 is 0 Å². The van der Waals surface area contributed by atoms with Crippen molar-refractivity contribution in [2.45, 2.75) is 12.3 Å². The van der Waals surface area contributed by atoms with Gasteiger partial charge in [-0.25, -0.2) is 0 Å². The molecule has 2 rings (SSSR count). The van der Waals surface area contributed by atoms with Crippen LogP contribution in [0.2, 0.25) is 5.02 Å². The van der Waals surface area contributed by atoms with Crippen LogP contribution in [0.3, 0.4) is 0 Å². The minimum atomic E-state index is -0.165. The Morgan fingerprint density at radius 1 is 1.29 bits per heavy atom. The van der Waals surface area contributed by atoms with E-state index in [0.29, 0.717) is 0 Å². The van der Waals surface area contributed by atoms with E-state index in [1.807, 2.05) is 31.2 Å². The fourth-order valence-electron chi connectivity index (χ4n) is 1.54. The van der Waals surface area contributed by atoms with Gasteiger partial charge in [0.05, 0.1) is 9.16 Å². The minimum absolute atomic E-state index is 0.165. The van der Waals surface area contributed by atoms with Crippen LogP contribution in [0.5, 0.6) is 0 Å². The Morgan fingerprint density at radius 3 is 2.59 bits per heavy atom. The molecule has 0 aliphatic heterocycles. The molecule has 1 heterocycles. The lowest BCUT2D eigenvalue weighted by atomic mass is 10.0. The topological polar surface area (TPSA) is 0 Å². The summed E-state index contributed by atoms with van der Waals surface area (Å²) < 4.78 is 2.08. The molecule has 0 aliphatic carbocycles. The van der Waals surface area contributed by atoms with Crippen molar-refractivity contribution in [1.29, 1.82) is 0 Å². The standard InChI is InChI=1S/C12H8Br2Cl2S/c1-6-7(3-2-4-9(6)15)11(16)10-5-8(13)12(14)17-10/h2-5,11H,1H3. The Morgan fingerprint density at radius 2 is 2.00 bits per heavy atom. The first-order valence-electron chi connectivity index (χ1n) is 4.84. The Bertz CT molecular complexity index is 532. The summed E-state index contributed by atoms with van der Waals surface area (Å²) in [6.45, 7) is 1.99. The molecule has 0 N–H and O–H groups in total. The van der Waals surface area contributed by atoms with Crippen LogP contribution >= 0.6 is 66.4 Å². The van der Waals surface area contributed by atoms with E-state index in [1.165, 1.54) is 0 Å². The first kappa shape index (κ1) is 13.9. The van der Waals surface area contributed by atoms with Gasteiger partial charge in [0.1, 0.15) is 0 Å². The third kappa shape index (κ3) is 2.90. The zero-order valence-electron chi connectivity index (χ0n) is 8.81. The number of halogens is 4. The Kier molecular flexibility index (Phi) is 4.59. The second kappa shape index (κ2) is 5.62. The SMILES string of the molecule is Cc1c(Cl)cccc1C(Cl)c1cc(Br)c(Br)s1. The molecule has 0 bridgehead atoms. The van der Waals surface area contributed by atoms with Gasteiger partial charge in [0.15, 0.2) is 0 Å². The highest BCUT2D eigenvalue weighted by Crippen LogP contribution is 2.41. The third-order valence-electron chi connectivity index (χ3n) is 2.50. The maximum Gasteiger partial charge on any atom is 0.0931 e. The second-order valence-corrected chi connectivity index (χ2v) is 7.69. The molecule has 1 aromatic carbocycles. The van der Waals surface area contributed by atoms with Crippen LogP contribution in [0.25, 0.3) is 0 Å². The molecule has 0 amide bonds. The summed E-state index contributed by atoms with van der Waals surface area (Å²) in [5, 5.41) is 0.587. The van der Waals surface area contributed by atoms with Gasteiger partial charge in [-0.05, 0) is 62.0 Å². The van der Waals surface area contributed by atoms with Gasteiger partial charge in [-0.1, -0.05) is 23.7 Å². The molecule has 1 aromatic heterocycles. The summed E-state index contributed by atoms with van der Waals surface area (Å²) in [6, 6.07) is 7.86. The highest BCUT2D eigenvalue weighted by molar-refractivity contribution is 9.13. The Hall–Kier alpha value is 0.460. The highest BCUT2D eigenvalue weighted by Gasteiger charge is 2.17. The molecule has 2 aromatic rings. The average molecular weight is 415 g/mol. The van der Waals surface area contributed by atoms with Gasteiger partial charge in [0.25, 0.3) is 0 Å². The molecule has 0 nitrogen and oxygen atoms in total. The van der Waals surface area contributed by atoms with Gasteiger partial charge in [0, 0.05) is 14.4 Å². The lowest BCUT2D eigenvalue weighted by molar-refractivity contribution is 1.14. The minimum Gasteiger partial charge on any atom is -0.130 e. The van der Waals surface area contributed by atoms with Crippen LogP contribution in [-0.2, 0) is 0 Å². The summed E-state index contributed by atoms with van der Waals surface area (Å²) in [5.74, 6) is 0. The van der Waals surface area contributed by atoms with Crippen LogP contribution in [-0.4, -0.2) is 0 Å². The van der Waals surface area contributed by atoms with Crippen LogP contribution in [0, 0.1) is 6.92 Å². The van der Waals surface area contributed by atoms with Crippen molar-refractivity contribution in [3.05, 3.63) is 53.6 Å². The number of alkyl halides is 1. The summed E-state index contributed by atoms with van der Waals surface area (Å²) in [6.07, 6.45) is 0. The van der Waals surface area contributed by atoms with E-state index in [0.717, 1.165) is 29.3 Å². The molecule has 90 valence electrons. The molecule has 0 radical (unpaired) electrons. The molecule has 1 atom stereocenters. The van der Waals surface area contributed by atoms with Gasteiger partial charge in [-0.15, -0.1) is 22.9 Å². The van der Waals surface area contributed by atoms with Crippen molar-refractivity contribution in [3.63, 3.8) is 0 Å². The molecule has 0 spiro atoms. The monoisotopic (exact) mass is 412 g/mol. The van der Waals surface area contributed by atoms with Crippen LogP contribution < -0.4 is 0 Å². The fourth-order valence-corrected chi connectivity index (χ4v) is 4.24. The van der Waals surface area contributed by atoms with E-state index >= 15 is 0 Å². The Balaban J connectivity index is 2.43. The van der Waals surface area contributed by atoms with Gasteiger partial charge in [0.2, 0.25) is 0 Å². The van der Waals surface area contributed by atoms with E-state index in [4.69, 9.17) is 23.2 Å². The zero-order chi connectivity index (χ0) is 12.6. The fraction of sp³-hybridized carbons (Fsp3) is 0.167. The summed E-state index contributed by atoms with van der Waals surface area (Å²) in [7, 11) is 0. The molecule has 0 saturated carbocycles. The number of thiophene rings is 1. The third-order valence-corrected chi connectivity index (χ3v) is 6.83. The van der Waals surface area contributed by atoms with Crippen LogP contribution in [0.1, 0.15) is 21.4 Å². The first-order chi connectivity index (χ1) is 8.00. The molecule has 0 fully saturated rings. The van der Waals surface area contributed by atoms with Crippen LogP contribution in [0.15, 0.2) is 32.5 Å². The lowest BCUT2D eigenvalue weighted by Crippen LogP contribution is -1.94. The number of rotatable bonds is 2. The molecule has 5 heteroatoms. The van der Waals surface area contributed by atoms with E-state index < -0.39 is 0 Å². The van der Waals surface area contributed by atoms with Crippen molar-refractivity contribution in [2.24, 2.45) is 0 Å². The van der Waals surface area contributed by atoms with Gasteiger partial charge >= 0.3 is 0 Å². The first-order valence-corrected chi connectivity index (χ1v) is 8.06. The molecule has 0 aliphatic rings. The van der Waals surface area contributed by atoms with Crippen molar-refractivity contribution >= 4 is 66.4 Å². The quantitative estimate of drug-likeness (QED) is 0.488. The van der Waals surface area contributed by atoms with Gasteiger partial charge < -0.3 is 0 Å². The molecular weight excluding hydrogens is 407 g/mol. The predicted octanol–water partition coefficient (Wildman–Crippen LogP) is 6.56. The second-order valence-electron chi connectivity index (χ2n) is 3.59. The van der Waals surface area contributed by atoms with Gasteiger partial charge in [-0.3, -0.25) is 0 Å². The van der Waals surface area contributed by atoms with E-state index in [9.17, 15) is 0 Å². The maximum atomic E-state index is 6.50. The molecule has 17 heavy (non-hydrogen) atoms. The predicted molar refractivity (Wildman–Crippen MR) is 83.6 cm³/mol. The normalized spacial score (nSPS) is 12.8. The molecular formula is C12H8Br2Cl2S. The molecule has 0 saturated heterocycles. The number of hydrogen-bond donors (Lipinski definition) is 0. The van der Waals surface area contributed by atoms with Gasteiger partial charge in [-0.2, -0.15) is 0 Å². The van der Waals surface area contributed by atoms with E-state index in [2.05, 4.69) is 31.9 Å². The highest BCUT2D eigenvalue weighted by atomic mass is 79.9. The summed E-state index contributed by atoms with van der Waals surface area (Å²) in [5.41, 5.74) is 2.09. The summed E-state index contributed by atoms with van der Waals surface area (Å²) in [4.78, 5) is 1.09. The largest absolute Gasteiger partial charge is 0.130 e. The van der Waals surface area contributed by atoms with Crippen molar-refractivity contribution in [2.75, 3.05) is 0 Å². The lowest BCUT2D eigenvalue weighted by Gasteiger charge is -2.12. The van der Waals surface area contributed by atoms with E-state index in [1.54, 1.807) is 11.3 Å². The Labute approximate surface area is 131 Å². The van der Waals surface area contributed by atoms with Crippen molar-refractivity contribution in [3.8, 4) is 0 Å².